The molecule has 0 bridgehead atoms. The molecular weight excluding hydrogens is 266 g/mol. The van der Waals surface area contributed by atoms with Gasteiger partial charge in [0.15, 0.2) is 0 Å². The van der Waals surface area contributed by atoms with Gasteiger partial charge in [0.1, 0.15) is 5.84 Å². The fraction of sp³-hybridized carbons (Fsp3) is 0.562. The Morgan fingerprint density at radius 2 is 2.00 bits per heavy atom. The van der Waals surface area contributed by atoms with Gasteiger partial charge in [-0.3, -0.25) is 0 Å². The average Bonchev–Trinajstić information content (AvgIpc) is 2.49. The van der Waals surface area contributed by atoms with Crippen LogP contribution in [-0.4, -0.2) is 30.3 Å². The van der Waals surface area contributed by atoms with Crippen molar-refractivity contribution in [2.24, 2.45) is 10.9 Å². The first-order chi connectivity index (χ1) is 10.1. The molecule has 1 unspecified atom stereocenters. The maximum Gasteiger partial charge on any atom is 0.141 e. The van der Waals surface area contributed by atoms with Crippen LogP contribution in [0.25, 0.3) is 0 Å². The number of nitrogens with two attached hydrogens (primary N) is 1. The first-order valence-corrected chi connectivity index (χ1v) is 7.49. The quantitative estimate of drug-likeness (QED) is 0.204. The summed E-state index contributed by atoms with van der Waals surface area (Å²) in [7, 11) is 0. The Bertz CT molecular complexity index is 407. The Labute approximate surface area is 127 Å². The van der Waals surface area contributed by atoms with E-state index in [2.05, 4.69) is 10.5 Å². The molecule has 21 heavy (non-hydrogen) atoms. The van der Waals surface area contributed by atoms with E-state index in [0.29, 0.717) is 6.42 Å². The van der Waals surface area contributed by atoms with E-state index in [0.717, 1.165) is 31.6 Å². The van der Waals surface area contributed by atoms with Crippen LogP contribution in [0.2, 0.25) is 0 Å². The van der Waals surface area contributed by atoms with Gasteiger partial charge in [-0.05, 0) is 38.8 Å². The van der Waals surface area contributed by atoms with Crippen LogP contribution < -0.4 is 11.1 Å². The first-order valence-electron chi connectivity index (χ1n) is 7.49. The Balaban J connectivity index is 2.40. The molecule has 0 heterocycles. The third-order valence-electron chi connectivity index (χ3n) is 3.16. The number of nitrogens with zero attached hydrogens (tertiary/aromatic N) is 1. The SMILES string of the molecule is CC(C)OCCCCNC(C/C(N)=N/O)c1ccccc1. The van der Waals surface area contributed by atoms with Crippen LogP contribution in [0.15, 0.2) is 35.5 Å². The van der Waals surface area contributed by atoms with Crippen molar-refractivity contribution in [2.75, 3.05) is 13.2 Å². The number of amidine groups is 1. The molecule has 0 amide bonds. The molecule has 0 fully saturated rings. The highest BCUT2D eigenvalue weighted by molar-refractivity contribution is 5.80. The second-order valence-electron chi connectivity index (χ2n) is 5.34. The van der Waals surface area contributed by atoms with E-state index < -0.39 is 0 Å². The molecule has 5 heteroatoms. The summed E-state index contributed by atoms with van der Waals surface area (Å²) in [6.07, 6.45) is 2.83. The highest BCUT2D eigenvalue weighted by Crippen LogP contribution is 2.16. The van der Waals surface area contributed by atoms with Gasteiger partial charge in [0.05, 0.1) is 6.10 Å². The molecule has 1 atom stereocenters. The molecule has 1 aromatic carbocycles. The molecule has 0 aliphatic heterocycles. The number of oxime groups is 1. The maximum absolute atomic E-state index is 8.74. The van der Waals surface area contributed by atoms with Crippen LogP contribution in [0.5, 0.6) is 0 Å². The van der Waals surface area contributed by atoms with Crippen LogP contribution in [-0.2, 0) is 4.74 Å². The number of nitrogens with one attached hydrogen (secondary N) is 1. The van der Waals surface area contributed by atoms with Gasteiger partial charge in [-0.2, -0.15) is 0 Å². The van der Waals surface area contributed by atoms with Crippen LogP contribution in [0, 0.1) is 0 Å². The van der Waals surface area contributed by atoms with Crippen molar-refractivity contribution in [1.29, 1.82) is 0 Å². The summed E-state index contributed by atoms with van der Waals surface area (Å²) in [5, 5.41) is 15.3. The summed E-state index contributed by atoms with van der Waals surface area (Å²) in [6.45, 7) is 5.75. The Hall–Kier alpha value is -1.59. The Kier molecular flexibility index (Phi) is 8.47. The largest absolute Gasteiger partial charge is 0.409 e. The van der Waals surface area contributed by atoms with Crippen molar-refractivity contribution >= 4 is 5.84 Å². The minimum absolute atomic E-state index is 0.0631. The van der Waals surface area contributed by atoms with Gasteiger partial charge in [-0.25, -0.2) is 0 Å². The van der Waals surface area contributed by atoms with E-state index in [4.69, 9.17) is 15.7 Å². The summed E-state index contributed by atoms with van der Waals surface area (Å²) >= 11 is 0. The molecule has 0 spiro atoms. The van der Waals surface area contributed by atoms with Crippen molar-refractivity contribution in [3.05, 3.63) is 35.9 Å². The molecule has 5 nitrogen and oxygen atoms in total. The molecule has 0 aromatic heterocycles. The number of ether oxygens (including phenoxy) is 1. The second-order valence-corrected chi connectivity index (χ2v) is 5.34. The lowest BCUT2D eigenvalue weighted by atomic mass is 10.0. The van der Waals surface area contributed by atoms with Gasteiger partial charge >= 0.3 is 0 Å². The van der Waals surface area contributed by atoms with E-state index in [-0.39, 0.29) is 18.0 Å². The zero-order valence-corrected chi connectivity index (χ0v) is 13.0. The smallest absolute Gasteiger partial charge is 0.141 e. The molecule has 0 aliphatic carbocycles. The molecule has 0 saturated carbocycles. The third-order valence-corrected chi connectivity index (χ3v) is 3.16. The Morgan fingerprint density at radius 3 is 2.62 bits per heavy atom. The highest BCUT2D eigenvalue weighted by atomic mass is 16.5. The second kappa shape index (κ2) is 10.2. The van der Waals surface area contributed by atoms with Gasteiger partial charge < -0.3 is 21.0 Å². The molecule has 0 radical (unpaired) electrons. The monoisotopic (exact) mass is 293 g/mol. The molecule has 0 saturated heterocycles. The number of rotatable bonds is 10. The van der Waals surface area contributed by atoms with E-state index >= 15 is 0 Å². The predicted molar refractivity (Wildman–Crippen MR) is 85.5 cm³/mol. The fourth-order valence-electron chi connectivity index (χ4n) is 2.07. The number of unbranched alkanes of at least 4 members (excludes halogenated alkanes) is 1. The summed E-state index contributed by atoms with van der Waals surface area (Å²) in [5.74, 6) is 0.236. The van der Waals surface area contributed by atoms with Gasteiger partial charge in [-0.15, -0.1) is 0 Å². The average molecular weight is 293 g/mol. The van der Waals surface area contributed by atoms with Crippen molar-refractivity contribution in [3.8, 4) is 0 Å². The first kappa shape index (κ1) is 17.5. The summed E-state index contributed by atoms with van der Waals surface area (Å²) < 4.78 is 5.52. The van der Waals surface area contributed by atoms with E-state index in [1.54, 1.807) is 0 Å². The Morgan fingerprint density at radius 1 is 1.29 bits per heavy atom. The number of benzene rings is 1. The molecule has 1 rings (SSSR count). The lowest BCUT2D eigenvalue weighted by Gasteiger charge is -2.18. The molecule has 0 aliphatic rings. The van der Waals surface area contributed by atoms with Crippen LogP contribution >= 0.6 is 0 Å². The highest BCUT2D eigenvalue weighted by Gasteiger charge is 2.12. The zero-order chi connectivity index (χ0) is 15.5. The molecule has 4 N–H and O–H groups in total. The van der Waals surface area contributed by atoms with Crippen LogP contribution in [0.4, 0.5) is 0 Å². The van der Waals surface area contributed by atoms with Crippen molar-refractivity contribution < 1.29 is 9.94 Å². The summed E-state index contributed by atoms with van der Waals surface area (Å²) in [5.41, 5.74) is 6.78. The van der Waals surface area contributed by atoms with Gasteiger partial charge in [0.2, 0.25) is 0 Å². The number of hydrogen-bond acceptors (Lipinski definition) is 4. The van der Waals surface area contributed by atoms with Gasteiger partial charge in [0.25, 0.3) is 0 Å². The van der Waals surface area contributed by atoms with Gasteiger partial charge in [-0.1, -0.05) is 35.5 Å². The zero-order valence-electron chi connectivity index (χ0n) is 13.0. The normalized spacial score (nSPS) is 13.6. The van der Waals surface area contributed by atoms with Crippen LogP contribution in [0.1, 0.15) is 44.7 Å². The van der Waals surface area contributed by atoms with E-state index in [1.807, 2.05) is 44.2 Å². The fourth-order valence-corrected chi connectivity index (χ4v) is 2.07. The third kappa shape index (κ3) is 7.68. The van der Waals surface area contributed by atoms with Crippen molar-refractivity contribution in [1.82, 2.24) is 5.32 Å². The molecular formula is C16H27N3O2. The standard InChI is InChI=1S/C16H27N3O2/c1-13(2)21-11-7-6-10-18-15(12-16(17)19-20)14-8-4-3-5-9-14/h3-5,8-9,13,15,18,20H,6-7,10-12H2,1-2H3,(H2,17,19). The summed E-state index contributed by atoms with van der Waals surface area (Å²) in [6, 6.07) is 10.1. The van der Waals surface area contributed by atoms with Gasteiger partial charge in [0, 0.05) is 19.1 Å². The molecule has 118 valence electrons. The minimum atomic E-state index is 0.0631. The molecule has 1 aromatic rings. The summed E-state index contributed by atoms with van der Waals surface area (Å²) in [4.78, 5) is 0. The van der Waals surface area contributed by atoms with E-state index in [1.165, 1.54) is 0 Å². The lowest BCUT2D eigenvalue weighted by molar-refractivity contribution is 0.0759. The van der Waals surface area contributed by atoms with Crippen LogP contribution in [0.3, 0.4) is 0 Å². The number of hydrogen-bond donors (Lipinski definition) is 3. The maximum atomic E-state index is 8.74. The lowest BCUT2D eigenvalue weighted by Crippen LogP contribution is -2.27. The topological polar surface area (TPSA) is 79.9 Å². The predicted octanol–water partition coefficient (Wildman–Crippen LogP) is 2.66. The van der Waals surface area contributed by atoms with E-state index in [9.17, 15) is 0 Å². The van der Waals surface area contributed by atoms with Crippen molar-refractivity contribution in [3.63, 3.8) is 0 Å². The van der Waals surface area contributed by atoms with Crippen molar-refractivity contribution in [2.45, 2.75) is 45.3 Å². The minimum Gasteiger partial charge on any atom is -0.409 e.